The molecule has 0 saturated carbocycles. The van der Waals surface area contributed by atoms with Gasteiger partial charge in [-0.05, 0) is 23.7 Å². The standard InChI is InChI=1S/C13H15N3OS/c1-2-14-6-12-15-16-13(18-12)9-3-4-10-7-17-8-11(10)5-9/h3-5,14H,2,6-8H2,1H3. The maximum absolute atomic E-state index is 5.42. The predicted molar refractivity (Wildman–Crippen MR) is 71.2 cm³/mol. The second-order valence-electron chi connectivity index (χ2n) is 4.26. The van der Waals surface area contributed by atoms with Gasteiger partial charge in [0.1, 0.15) is 10.0 Å². The van der Waals surface area contributed by atoms with E-state index in [2.05, 4.69) is 40.6 Å². The fourth-order valence-corrected chi connectivity index (χ4v) is 2.78. The molecule has 2 heterocycles. The first-order valence-corrected chi connectivity index (χ1v) is 6.91. The van der Waals surface area contributed by atoms with Crippen molar-refractivity contribution >= 4 is 11.3 Å². The van der Waals surface area contributed by atoms with Gasteiger partial charge in [0.15, 0.2) is 0 Å². The zero-order chi connectivity index (χ0) is 12.4. The SMILES string of the molecule is CCNCc1nnc(-c2ccc3c(c2)COC3)s1. The summed E-state index contributed by atoms with van der Waals surface area (Å²) in [4.78, 5) is 0. The molecule has 1 N–H and O–H groups in total. The molecule has 2 aromatic rings. The van der Waals surface area contributed by atoms with Crippen LogP contribution < -0.4 is 5.32 Å². The second-order valence-corrected chi connectivity index (χ2v) is 5.32. The molecule has 1 aromatic carbocycles. The molecule has 5 heteroatoms. The molecule has 94 valence electrons. The number of hydrogen-bond donors (Lipinski definition) is 1. The van der Waals surface area contributed by atoms with Gasteiger partial charge in [0.05, 0.1) is 13.2 Å². The van der Waals surface area contributed by atoms with Gasteiger partial charge in [-0.2, -0.15) is 0 Å². The highest BCUT2D eigenvalue weighted by Crippen LogP contribution is 2.28. The Morgan fingerprint density at radius 3 is 3.06 bits per heavy atom. The van der Waals surface area contributed by atoms with Crippen LogP contribution in [0.3, 0.4) is 0 Å². The highest BCUT2D eigenvalue weighted by Gasteiger charge is 2.13. The summed E-state index contributed by atoms with van der Waals surface area (Å²) in [5.41, 5.74) is 3.70. The minimum absolute atomic E-state index is 0.715. The van der Waals surface area contributed by atoms with Crippen molar-refractivity contribution in [3.05, 3.63) is 34.3 Å². The number of nitrogens with one attached hydrogen (secondary N) is 1. The number of benzene rings is 1. The summed E-state index contributed by atoms with van der Waals surface area (Å²) in [7, 11) is 0. The van der Waals surface area contributed by atoms with E-state index in [1.54, 1.807) is 11.3 Å². The molecule has 0 aliphatic carbocycles. The van der Waals surface area contributed by atoms with Gasteiger partial charge in [0.25, 0.3) is 0 Å². The summed E-state index contributed by atoms with van der Waals surface area (Å²) >= 11 is 1.65. The molecular formula is C13H15N3OS. The van der Waals surface area contributed by atoms with E-state index in [-0.39, 0.29) is 0 Å². The average Bonchev–Trinajstić information content (AvgIpc) is 3.04. The first kappa shape index (κ1) is 11.8. The van der Waals surface area contributed by atoms with Gasteiger partial charge >= 0.3 is 0 Å². The third-order valence-corrected chi connectivity index (χ3v) is 3.93. The van der Waals surface area contributed by atoms with Crippen molar-refractivity contribution in [1.29, 1.82) is 0 Å². The number of fused-ring (bicyclic) bond motifs is 1. The van der Waals surface area contributed by atoms with Crippen molar-refractivity contribution in [2.75, 3.05) is 6.54 Å². The average molecular weight is 261 g/mol. The molecule has 0 radical (unpaired) electrons. The third kappa shape index (κ3) is 2.29. The molecule has 1 aromatic heterocycles. The Morgan fingerprint density at radius 1 is 1.28 bits per heavy atom. The van der Waals surface area contributed by atoms with Gasteiger partial charge in [-0.15, -0.1) is 10.2 Å². The lowest BCUT2D eigenvalue weighted by Crippen LogP contribution is -2.11. The van der Waals surface area contributed by atoms with Crippen molar-refractivity contribution in [1.82, 2.24) is 15.5 Å². The summed E-state index contributed by atoms with van der Waals surface area (Å²) in [5.74, 6) is 0. The van der Waals surface area contributed by atoms with Crippen LogP contribution in [0.2, 0.25) is 0 Å². The van der Waals surface area contributed by atoms with Crippen LogP contribution in [0.5, 0.6) is 0 Å². The van der Waals surface area contributed by atoms with Gasteiger partial charge in [0.2, 0.25) is 0 Å². The highest BCUT2D eigenvalue weighted by atomic mass is 32.1. The first-order valence-electron chi connectivity index (χ1n) is 6.10. The maximum Gasteiger partial charge on any atom is 0.147 e. The number of aromatic nitrogens is 2. The molecule has 4 nitrogen and oxygen atoms in total. The van der Waals surface area contributed by atoms with Crippen molar-refractivity contribution < 1.29 is 4.74 Å². The summed E-state index contributed by atoms with van der Waals surface area (Å²) in [6, 6.07) is 6.40. The number of ether oxygens (including phenoxy) is 1. The van der Waals surface area contributed by atoms with E-state index in [1.807, 2.05) is 0 Å². The van der Waals surface area contributed by atoms with Gasteiger partial charge in [-0.3, -0.25) is 0 Å². The Labute approximate surface area is 110 Å². The van der Waals surface area contributed by atoms with Crippen molar-refractivity contribution in [2.24, 2.45) is 0 Å². The van der Waals surface area contributed by atoms with E-state index in [0.29, 0.717) is 6.61 Å². The summed E-state index contributed by atoms with van der Waals surface area (Å²) in [5, 5.41) is 13.7. The molecule has 0 amide bonds. The fourth-order valence-electron chi connectivity index (χ4n) is 1.98. The van der Waals surface area contributed by atoms with Crippen molar-refractivity contribution in [3.63, 3.8) is 0 Å². The lowest BCUT2D eigenvalue weighted by Gasteiger charge is -1.99. The molecule has 1 aliphatic heterocycles. The molecule has 0 bridgehead atoms. The second kappa shape index (κ2) is 5.14. The number of hydrogen-bond acceptors (Lipinski definition) is 5. The Bertz CT molecular complexity index is 553. The lowest BCUT2D eigenvalue weighted by atomic mass is 10.1. The van der Waals surface area contributed by atoms with Crippen LogP contribution in [0.4, 0.5) is 0 Å². The lowest BCUT2D eigenvalue weighted by molar-refractivity contribution is 0.134. The molecule has 0 saturated heterocycles. The van der Waals surface area contributed by atoms with Crippen molar-refractivity contribution in [2.45, 2.75) is 26.7 Å². The van der Waals surface area contributed by atoms with E-state index in [4.69, 9.17) is 4.74 Å². The third-order valence-electron chi connectivity index (χ3n) is 2.96. The van der Waals surface area contributed by atoms with Crippen LogP contribution in [-0.2, 0) is 24.5 Å². The number of rotatable bonds is 4. The molecule has 0 spiro atoms. The van der Waals surface area contributed by atoms with Gasteiger partial charge in [-0.25, -0.2) is 0 Å². The van der Waals surface area contributed by atoms with Crippen LogP contribution in [0.15, 0.2) is 18.2 Å². The predicted octanol–water partition coefficient (Wildman–Crippen LogP) is 2.34. The largest absolute Gasteiger partial charge is 0.372 e. The van der Waals surface area contributed by atoms with Crippen molar-refractivity contribution in [3.8, 4) is 10.6 Å². The number of nitrogens with zero attached hydrogens (tertiary/aromatic N) is 2. The van der Waals surface area contributed by atoms with Crippen LogP contribution in [0, 0.1) is 0 Å². The van der Waals surface area contributed by atoms with Crippen LogP contribution >= 0.6 is 11.3 Å². The molecule has 0 fully saturated rings. The minimum atomic E-state index is 0.715. The Balaban J connectivity index is 1.83. The van der Waals surface area contributed by atoms with Gasteiger partial charge < -0.3 is 10.1 Å². The monoisotopic (exact) mass is 261 g/mol. The smallest absolute Gasteiger partial charge is 0.147 e. The summed E-state index contributed by atoms with van der Waals surface area (Å²) in [6.45, 7) is 5.28. The van der Waals surface area contributed by atoms with Crippen LogP contribution in [0.1, 0.15) is 23.1 Å². The van der Waals surface area contributed by atoms with Crippen LogP contribution in [-0.4, -0.2) is 16.7 Å². The van der Waals surface area contributed by atoms with E-state index < -0.39 is 0 Å². The van der Waals surface area contributed by atoms with E-state index >= 15 is 0 Å². The van der Waals surface area contributed by atoms with Crippen LogP contribution in [0.25, 0.3) is 10.6 Å². The minimum Gasteiger partial charge on any atom is -0.372 e. The Kier molecular flexibility index (Phi) is 3.36. The molecule has 1 aliphatic rings. The Morgan fingerprint density at radius 2 is 2.17 bits per heavy atom. The maximum atomic E-state index is 5.42. The summed E-state index contributed by atoms with van der Waals surface area (Å²) in [6.07, 6.45) is 0. The zero-order valence-corrected chi connectivity index (χ0v) is 11.1. The molecule has 18 heavy (non-hydrogen) atoms. The molecule has 0 unspecified atom stereocenters. The van der Waals surface area contributed by atoms with Gasteiger partial charge in [-0.1, -0.05) is 30.4 Å². The topological polar surface area (TPSA) is 47.0 Å². The van der Waals surface area contributed by atoms with E-state index in [9.17, 15) is 0 Å². The normalized spacial score (nSPS) is 13.8. The zero-order valence-electron chi connectivity index (χ0n) is 10.3. The summed E-state index contributed by atoms with van der Waals surface area (Å²) < 4.78 is 5.42. The Hall–Kier alpha value is -1.30. The highest BCUT2D eigenvalue weighted by molar-refractivity contribution is 7.14. The first-order chi connectivity index (χ1) is 8.86. The van der Waals surface area contributed by atoms with E-state index in [1.165, 1.54) is 11.1 Å². The molecule has 0 atom stereocenters. The quantitative estimate of drug-likeness (QED) is 0.917. The molecular weight excluding hydrogens is 246 g/mol. The molecule has 3 rings (SSSR count). The fraction of sp³-hybridized carbons (Fsp3) is 0.385. The van der Waals surface area contributed by atoms with E-state index in [0.717, 1.165) is 35.3 Å². The van der Waals surface area contributed by atoms with Gasteiger partial charge in [0, 0.05) is 12.1 Å².